The van der Waals surface area contributed by atoms with E-state index in [0.29, 0.717) is 0 Å². The monoisotopic (exact) mass is 576 g/mol. The normalized spacial score (nSPS) is 26.5. The molecule has 218 valence electrons. The number of likely N-dealkylation sites (N-methyl/N-ethyl adjacent to an activating group) is 1. The van der Waals surface area contributed by atoms with Crippen molar-refractivity contribution in [3.8, 4) is 0 Å². The van der Waals surface area contributed by atoms with E-state index in [9.17, 15) is 33.6 Å². The van der Waals surface area contributed by atoms with Gasteiger partial charge in [-0.3, -0.25) is 33.7 Å². The van der Waals surface area contributed by atoms with E-state index in [1.807, 2.05) is 0 Å². The van der Waals surface area contributed by atoms with E-state index < -0.39 is 71.1 Å². The van der Waals surface area contributed by atoms with Crippen LogP contribution in [0, 0.1) is 0 Å². The second kappa shape index (κ2) is 9.98. The molecule has 5 aliphatic rings. The van der Waals surface area contributed by atoms with Crippen LogP contribution >= 0.6 is 0 Å². The van der Waals surface area contributed by atoms with E-state index in [1.54, 1.807) is 6.92 Å². The molecule has 1 amide bonds. The zero-order valence-corrected chi connectivity index (χ0v) is 24.1. The maximum Gasteiger partial charge on any atom is 0.333 e. The highest BCUT2D eigenvalue weighted by Crippen LogP contribution is 2.46. The summed E-state index contributed by atoms with van der Waals surface area (Å²) in [5.41, 5.74) is -0.504. The summed E-state index contributed by atoms with van der Waals surface area (Å²) in [6, 6.07) is -4.00. The number of fused-ring (bicyclic) bond motifs is 5. The first kappa shape index (κ1) is 28.8. The van der Waals surface area contributed by atoms with Gasteiger partial charge in [0.25, 0.3) is 5.91 Å². The number of carbonyl (C=O) groups is 7. The number of amides is 1. The maximum absolute atomic E-state index is 14.1. The molecule has 3 heterocycles. The molecule has 0 aromatic rings. The van der Waals surface area contributed by atoms with Crippen LogP contribution in [0.5, 0.6) is 0 Å². The molecule has 2 aliphatic carbocycles. The summed E-state index contributed by atoms with van der Waals surface area (Å²) < 4.78 is 15.9. The van der Waals surface area contributed by atoms with E-state index in [1.165, 1.54) is 59.1 Å². The predicted molar refractivity (Wildman–Crippen MR) is 143 cm³/mol. The minimum absolute atomic E-state index is 0.0308. The van der Waals surface area contributed by atoms with Crippen LogP contribution in [0.1, 0.15) is 27.7 Å². The number of methoxy groups -OCH3 is 2. The lowest BCUT2D eigenvalue weighted by molar-refractivity contribution is -0.152. The van der Waals surface area contributed by atoms with E-state index in [2.05, 4.69) is 0 Å². The van der Waals surface area contributed by atoms with Crippen LogP contribution < -0.4 is 0 Å². The topological polar surface area (TPSA) is 154 Å². The zero-order valence-electron chi connectivity index (χ0n) is 24.1. The van der Waals surface area contributed by atoms with Crippen molar-refractivity contribution in [1.29, 1.82) is 0 Å². The molecule has 0 N–H and O–H groups in total. The molecular formula is C30H28N2O10. The second-order valence-electron chi connectivity index (χ2n) is 10.4. The predicted octanol–water partition coefficient (Wildman–Crippen LogP) is 0.593. The summed E-state index contributed by atoms with van der Waals surface area (Å²) in [7, 11) is 3.92. The molecule has 0 saturated carbocycles. The van der Waals surface area contributed by atoms with Crippen molar-refractivity contribution in [1.82, 2.24) is 9.80 Å². The lowest BCUT2D eigenvalue weighted by Crippen LogP contribution is -2.69. The van der Waals surface area contributed by atoms with Crippen LogP contribution in [0.3, 0.4) is 0 Å². The molecule has 3 aliphatic heterocycles. The van der Waals surface area contributed by atoms with Crippen molar-refractivity contribution >= 4 is 40.8 Å². The Morgan fingerprint density at radius 2 is 1.45 bits per heavy atom. The van der Waals surface area contributed by atoms with E-state index in [4.69, 9.17) is 14.2 Å². The molecular weight excluding hydrogens is 548 g/mol. The average molecular weight is 577 g/mol. The molecule has 5 rings (SSSR count). The number of Topliss-reactive ketones (excluding diaryl/α,β-unsaturated/α-hetero) is 5. The maximum atomic E-state index is 14.1. The fourth-order valence-electron chi connectivity index (χ4n) is 6.14. The molecule has 3 atom stereocenters. The van der Waals surface area contributed by atoms with Gasteiger partial charge in [0.1, 0.15) is 12.6 Å². The first-order chi connectivity index (χ1) is 19.8. The number of rotatable bonds is 5. The summed E-state index contributed by atoms with van der Waals surface area (Å²) in [6.07, 6.45) is 2.85. The Morgan fingerprint density at radius 3 is 2.02 bits per heavy atom. The van der Waals surface area contributed by atoms with Crippen molar-refractivity contribution < 1.29 is 47.8 Å². The first-order valence-corrected chi connectivity index (χ1v) is 13.1. The van der Waals surface area contributed by atoms with Gasteiger partial charge < -0.3 is 19.1 Å². The van der Waals surface area contributed by atoms with E-state index in [-0.39, 0.29) is 50.7 Å². The highest BCUT2D eigenvalue weighted by molar-refractivity contribution is 6.39. The number of ether oxygens (including phenoxy) is 3. The minimum Gasteiger partial charge on any atom is -0.492 e. The number of esters is 1. The van der Waals surface area contributed by atoms with Gasteiger partial charge in [0.2, 0.25) is 11.6 Å². The van der Waals surface area contributed by atoms with Gasteiger partial charge in [-0.05, 0) is 40.8 Å². The van der Waals surface area contributed by atoms with Gasteiger partial charge in [0.15, 0.2) is 34.9 Å². The van der Waals surface area contributed by atoms with Gasteiger partial charge in [-0.2, -0.15) is 0 Å². The van der Waals surface area contributed by atoms with Crippen molar-refractivity contribution in [3.63, 3.8) is 0 Å². The Kier molecular flexibility index (Phi) is 6.85. The summed E-state index contributed by atoms with van der Waals surface area (Å²) in [5.74, 6) is -5.55. The average Bonchev–Trinajstić information content (AvgIpc) is 2.96. The molecule has 0 aromatic carbocycles. The summed E-state index contributed by atoms with van der Waals surface area (Å²) in [6.45, 7) is 5.40. The van der Waals surface area contributed by atoms with Crippen molar-refractivity contribution in [3.05, 3.63) is 68.4 Å². The molecule has 0 spiro atoms. The fourth-order valence-corrected chi connectivity index (χ4v) is 6.14. The fraction of sp³-hybridized carbons (Fsp3) is 0.367. The third-order valence-electron chi connectivity index (χ3n) is 8.38. The number of nitrogens with zero attached hydrogens (tertiary/aromatic N) is 2. The van der Waals surface area contributed by atoms with Crippen LogP contribution in [0.4, 0.5) is 0 Å². The summed E-state index contributed by atoms with van der Waals surface area (Å²) >= 11 is 0. The highest BCUT2D eigenvalue weighted by Gasteiger charge is 2.60. The van der Waals surface area contributed by atoms with Gasteiger partial charge in [0, 0.05) is 39.1 Å². The Bertz CT molecular complexity index is 1650. The molecule has 1 fully saturated rings. The number of piperazine rings is 1. The number of hydrogen-bond acceptors (Lipinski definition) is 11. The smallest absolute Gasteiger partial charge is 0.333 e. The molecule has 12 heteroatoms. The lowest BCUT2D eigenvalue weighted by atomic mass is 9.72. The third-order valence-corrected chi connectivity index (χ3v) is 8.38. The summed E-state index contributed by atoms with van der Waals surface area (Å²) in [5, 5.41) is 0. The Hall–Kier alpha value is -4.71. The van der Waals surface area contributed by atoms with Gasteiger partial charge in [0.05, 0.1) is 25.8 Å². The largest absolute Gasteiger partial charge is 0.492 e. The molecule has 2 bridgehead atoms. The van der Waals surface area contributed by atoms with Crippen LogP contribution in [0.25, 0.3) is 0 Å². The van der Waals surface area contributed by atoms with Gasteiger partial charge >= 0.3 is 5.97 Å². The second-order valence-corrected chi connectivity index (χ2v) is 10.4. The lowest BCUT2D eigenvalue weighted by Gasteiger charge is -2.53. The number of carbonyl (C=O) groups excluding carboxylic acids is 7. The van der Waals surface area contributed by atoms with Crippen LogP contribution in [0.2, 0.25) is 0 Å². The molecule has 12 nitrogen and oxygen atoms in total. The van der Waals surface area contributed by atoms with E-state index in [0.717, 1.165) is 4.90 Å². The van der Waals surface area contributed by atoms with Crippen molar-refractivity contribution in [2.75, 3.05) is 27.9 Å². The van der Waals surface area contributed by atoms with Crippen molar-refractivity contribution in [2.24, 2.45) is 0 Å². The summed E-state index contributed by atoms with van der Waals surface area (Å²) in [4.78, 5) is 97.3. The molecule has 0 unspecified atom stereocenters. The standard InChI is InChI=1S/C30H28N2O10/c1-8-11(2)30(39)42-10-16-17-14(22(33)12(3)27(40-6)25(17)36)9-15-20-18-19(23(34)13(4)28(41-7)26(18)37)24(35)21(31(20)5)29(38)32(15)16/h8-9,16,20-21H,10H2,1-7H3/b11-8-/t16-,20-,21+/m0/s1. The van der Waals surface area contributed by atoms with Crippen LogP contribution in [-0.4, -0.2) is 96.6 Å². The third kappa shape index (κ3) is 3.67. The first-order valence-electron chi connectivity index (χ1n) is 13.1. The number of ketones is 5. The van der Waals surface area contributed by atoms with Crippen molar-refractivity contribution in [2.45, 2.75) is 45.8 Å². The van der Waals surface area contributed by atoms with Gasteiger partial charge in [-0.15, -0.1) is 0 Å². The minimum atomic E-state index is -1.52. The zero-order chi connectivity index (χ0) is 30.9. The quantitative estimate of drug-likeness (QED) is 0.149. The highest BCUT2D eigenvalue weighted by atomic mass is 16.5. The van der Waals surface area contributed by atoms with Crippen LogP contribution in [0.15, 0.2) is 68.4 Å². The number of hydrogen-bond donors (Lipinski definition) is 0. The molecule has 0 radical (unpaired) electrons. The van der Waals surface area contributed by atoms with Crippen LogP contribution in [-0.2, 0) is 47.8 Å². The van der Waals surface area contributed by atoms with Gasteiger partial charge in [-0.1, -0.05) is 6.08 Å². The van der Waals surface area contributed by atoms with Gasteiger partial charge in [-0.25, -0.2) is 4.79 Å². The Morgan fingerprint density at radius 1 is 0.881 bits per heavy atom. The molecule has 42 heavy (non-hydrogen) atoms. The SMILES string of the molecule is C/C=C(/C)C(=O)OC[C@H]1C2=C(C=C3[C@H]4C5=C(C(=O)C(C)=C(OC)C5=O)C(=O)[C@H](C(=O)N31)N4C)C(=O)C(C)=C(OC)C2=O. The Balaban J connectivity index is 1.76. The van der Waals surface area contributed by atoms with E-state index >= 15 is 0 Å². The molecule has 1 saturated heterocycles. The number of allylic oxidation sites excluding steroid dienone is 7. The molecule has 0 aromatic heterocycles. The Labute approximate surface area is 240 Å².